The topological polar surface area (TPSA) is 58.6 Å². The molecule has 0 bridgehead atoms. The van der Waals surface area contributed by atoms with Crippen LogP contribution in [0, 0.1) is 5.92 Å². The average Bonchev–Trinajstić information content (AvgIpc) is 2.49. The van der Waals surface area contributed by atoms with Crippen molar-refractivity contribution in [2.45, 2.75) is 31.3 Å². The minimum absolute atomic E-state index is 0.247. The molecule has 0 aromatic rings. The first-order chi connectivity index (χ1) is 6.24. The molecule has 0 radical (unpaired) electrons. The second kappa shape index (κ2) is 3.18. The van der Waals surface area contributed by atoms with Crippen LogP contribution in [0.2, 0.25) is 0 Å². The molecule has 1 saturated heterocycles. The lowest BCUT2D eigenvalue weighted by Gasteiger charge is -2.33. The van der Waals surface area contributed by atoms with E-state index in [1.807, 2.05) is 0 Å². The minimum atomic E-state index is -0.289. The molecule has 2 N–H and O–H groups in total. The maximum absolute atomic E-state index is 10.9. The molecule has 1 spiro atoms. The lowest BCUT2D eigenvalue weighted by Crippen LogP contribution is -2.38. The van der Waals surface area contributed by atoms with Gasteiger partial charge in [0.2, 0.25) is 0 Å². The first kappa shape index (κ1) is 8.81. The highest BCUT2D eigenvalue weighted by atomic mass is 16.6. The van der Waals surface area contributed by atoms with Crippen LogP contribution in [-0.2, 0) is 4.74 Å². The predicted octanol–water partition coefficient (Wildman–Crippen LogP) is 0.647. The molecule has 74 valence electrons. The van der Waals surface area contributed by atoms with E-state index in [0.29, 0.717) is 12.5 Å². The summed E-state index contributed by atoms with van der Waals surface area (Å²) in [6.45, 7) is 0.904. The largest absolute Gasteiger partial charge is 0.441 e. The average molecular weight is 185 g/mol. The molecular weight excluding hydrogens is 170 g/mol. The number of alkyl carbamates (subject to hydrolysis) is 1. The highest BCUT2D eigenvalue weighted by molar-refractivity contribution is 5.70. The Bertz CT molecular complexity index is 209. The van der Waals surface area contributed by atoms with E-state index in [1.165, 1.54) is 0 Å². The number of hydrogen-bond acceptors (Lipinski definition) is 3. The van der Waals surface area contributed by atoms with Crippen LogP contribution in [0.3, 0.4) is 0 Å². The molecule has 0 atom stereocenters. The smallest absolute Gasteiger partial charge is 0.407 e. The van der Waals surface area contributed by atoms with Crippen molar-refractivity contribution in [2.75, 3.05) is 13.2 Å². The second-order valence-corrected chi connectivity index (χ2v) is 4.05. The van der Waals surface area contributed by atoms with Crippen molar-refractivity contribution in [1.82, 2.24) is 5.32 Å². The molecule has 4 heteroatoms. The van der Waals surface area contributed by atoms with Crippen molar-refractivity contribution in [1.29, 1.82) is 0 Å². The highest BCUT2D eigenvalue weighted by Gasteiger charge is 2.42. The number of ether oxygens (including phenoxy) is 1. The molecule has 1 aliphatic heterocycles. The first-order valence-corrected chi connectivity index (χ1v) is 4.82. The van der Waals surface area contributed by atoms with Gasteiger partial charge in [-0.05, 0) is 31.6 Å². The Balaban J connectivity index is 1.93. The Morgan fingerprint density at radius 2 is 2.23 bits per heavy atom. The van der Waals surface area contributed by atoms with Gasteiger partial charge in [-0.15, -0.1) is 0 Å². The lowest BCUT2D eigenvalue weighted by molar-refractivity contribution is 0.00554. The number of carbonyl (C=O) groups is 1. The Kier molecular flexibility index (Phi) is 2.15. The molecule has 1 heterocycles. The third kappa shape index (κ3) is 1.63. The van der Waals surface area contributed by atoms with Crippen LogP contribution < -0.4 is 5.32 Å². The fraction of sp³-hybridized carbons (Fsp3) is 0.889. The SMILES string of the molecule is O=C1NC[C@]2(CC[C@H](CO)CC2)O1. The Morgan fingerprint density at radius 1 is 1.54 bits per heavy atom. The summed E-state index contributed by atoms with van der Waals surface area (Å²) in [5, 5.41) is 11.6. The maximum Gasteiger partial charge on any atom is 0.407 e. The predicted molar refractivity (Wildman–Crippen MR) is 46.3 cm³/mol. The Labute approximate surface area is 77.3 Å². The van der Waals surface area contributed by atoms with Gasteiger partial charge < -0.3 is 15.2 Å². The molecule has 1 amide bonds. The molecular formula is C9H15NO3. The number of amides is 1. The van der Waals surface area contributed by atoms with Gasteiger partial charge in [0.05, 0.1) is 6.54 Å². The first-order valence-electron chi connectivity index (χ1n) is 4.82. The summed E-state index contributed by atoms with van der Waals surface area (Å²) in [6, 6.07) is 0. The molecule has 4 nitrogen and oxygen atoms in total. The zero-order valence-corrected chi connectivity index (χ0v) is 7.58. The quantitative estimate of drug-likeness (QED) is 0.630. The van der Waals surface area contributed by atoms with E-state index in [9.17, 15) is 4.79 Å². The molecule has 0 unspecified atom stereocenters. The van der Waals surface area contributed by atoms with E-state index in [-0.39, 0.29) is 18.3 Å². The van der Waals surface area contributed by atoms with E-state index >= 15 is 0 Å². The fourth-order valence-electron chi connectivity index (χ4n) is 2.17. The van der Waals surface area contributed by atoms with E-state index in [4.69, 9.17) is 9.84 Å². The second-order valence-electron chi connectivity index (χ2n) is 4.05. The van der Waals surface area contributed by atoms with Crippen LogP contribution in [0.5, 0.6) is 0 Å². The third-order valence-corrected chi connectivity index (χ3v) is 3.14. The zero-order valence-electron chi connectivity index (χ0n) is 7.58. The van der Waals surface area contributed by atoms with Crippen LogP contribution in [0.4, 0.5) is 4.79 Å². The maximum atomic E-state index is 10.9. The summed E-state index contributed by atoms with van der Waals surface area (Å²) >= 11 is 0. The number of hydrogen-bond donors (Lipinski definition) is 2. The van der Waals surface area contributed by atoms with E-state index < -0.39 is 0 Å². The van der Waals surface area contributed by atoms with E-state index in [2.05, 4.69) is 5.32 Å². The van der Waals surface area contributed by atoms with Gasteiger partial charge in [-0.2, -0.15) is 0 Å². The van der Waals surface area contributed by atoms with Crippen LogP contribution >= 0.6 is 0 Å². The van der Waals surface area contributed by atoms with Gasteiger partial charge in [-0.25, -0.2) is 4.79 Å². The summed E-state index contributed by atoms with van der Waals surface area (Å²) in [4.78, 5) is 10.9. The zero-order chi connectivity index (χ0) is 9.31. The fourth-order valence-corrected chi connectivity index (χ4v) is 2.17. The molecule has 0 aromatic carbocycles. The molecule has 2 aliphatic rings. The molecule has 1 saturated carbocycles. The van der Waals surface area contributed by atoms with Crippen molar-refractivity contribution in [3.63, 3.8) is 0 Å². The number of carbonyl (C=O) groups excluding carboxylic acids is 1. The minimum Gasteiger partial charge on any atom is -0.441 e. The molecule has 2 rings (SSSR count). The van der Waals surface area contributed by atoms with Gasteiger partial charge in [-0.3, -0.25) is 0 Å². The van der Waals surface area contributed by atoms with Gasteiger partial charge >= 0.3 is 6.09 Å². The van der Waals surface area contributed by atoms with Crippen LogP contribution in [-0.4, -0.2) is 30.0 Å². The normalized spacial score (nSPS) is 38.8. The molecule has 0 aromatic heterocycles. The monoisotopic (exact) mass is 185 g/mol. The van der Waals surface area contributed by atoms with Gasteiger partial charge in [0.1, 0.15) is 5.60 Å². The van der Waals surface area contributed by atoms with Crippen LogP contribution in [0.1, 0.15) is 25.7 Å². The summed E-state index contributed by atoms with van der Waals surface area (Å²) in [6.07, 6.45) is 3.41. The van der Waals surface area contributed by atoms with Crippen molar-refractivity contribution in [2.24, 2.45) is 5.92 Å². The molecule has 2 fully saturated rings. The van der Waals surface area contributed by atoms with Gasteiger partial charge in [-0.1, -0.05) is 0 Å². The number of aliphatic hydroxyl groups excluding tert-OH is 1. The lowest BCUT2D eigenvalue weighted by atomic mass is 9.79. The van der Waals surface area contributed by atoms with Crippen molar-refractivity contribution >= 4 is 6.09 Å². The Morgan fingerprint density at radius 3 is 2.69 bits per heavy atom. The van der Waals surface area contributed by atoms with Crippen molar-refractivity contribution in [3.8, 4) is 0 Å². The summed E-state index contributed by atoms with van der Waals surface area (Å²) in [5.74, 6) is 0.407. The summed E-state index contributed by atoms with van der Waals surface area (Å²) in [7, 11) is 0. The molecule has 13 heavy (non-hydrogen) atoms. The van der Waals surface area contributed by atoms with Crippen molar-refractivity contribution < 1.29 is 14.6 Å². The molecule has 1 aliphatic carbocycles. The van der Waals surface area contributed by atoms with Gasteiger partial charge in [0.25, 0.3) is 0 Å². The highest BCUT2D eigenvalue weighted by Crippen LogP contribution is 2.36. The standard InChI is InChI=1S/C9H15NO3/c11-5-7-1-3-9(4-2-7)6-10-8(12)13-9/h7,11H,1-6H2,(H,10,12)/t7-,9+. The van der Waals surface area contributed by atoms with Crippen LogP contribution in [0.25, 0.3) is 0 Å². The summed E-state index contributed by atoms with van der Waals surface area (Å²) < 4.78 is 5.25. The Hall–Kier alpha value is -0.770. The van der Waals surface area contributed by atoms with E-state index in [0.717, 1.165) is 25.7 Å². The van der Waals surface area contributed by atoms with E-state index in [1.54, 1.807) is 0 Å². The summed E-state index contributed by atoms with van der Waals surface area (Å²) in [5.41, 5.74) is -0.247. The van der Waals surface area contributed by atoms with Gasteiger partial charge in [0, 0.05) is 6.61 Å². The number of rotatable bonds is 1. The third-order valence-electron chi connectivity index (χ3n) is 3.14. The number of nitrogens with one attached hydrogen (secondary N) is 1. The number of aliphatic hydroxyl groups is 1. The van der Waals surface area contributed by atoms with Gasteiger partial charge in [0.15, 0.2) is 0 Å². The van der Waals surface area contributed by atoms with Crippen molar-refractivity contribution in [3.05, 3.63) is 0 Å². The van der Waals surface area contributed by atoms with Crippen LogP contribution in [0.15, 0.2) is 0 Å².